The van der Waals surface area contributed by atoms with Gasteiger partial charge >= 0.3 is 12.1 Å². The highest BCUT2D eigenvalue weighted by molar-refractivity contribution is 5.95. The predicted molar refractivity (Wildman–Crippen MR) is 41.5 cm³/mol. The third-order valence-electron chi connectivity index (χ3n) is 1.10. The van der Waals surface area contributed by atoms with E-state index in [0.717, 1.165) is 0 Å². The lowest BCUT2D eigenvalue weighted by Crippen LogP contribution is -2.18. The van der Waals surface area contributed by atoms with E-state index in [1.165, 1.54) is 6.08 Å². The number of ketones is 1. The second kappa shape index (κ2) is 5.41. The maximum absolute atomic E-state index is 11.6. The Hall–Kier alpha value is -1.33. The van der Waals surface area contributed by atoms with Crippen LogP contribution in [0.15, 0.2) is 12.7 Å². The molecule has 0 spiro atoms. The first-order valence-electron chi connectivity index (χ1n) is 3.70. The summed E-state index contributed by atoms with van der Waals surface area (Å²) in [5.41, 5.74) is 0. The van der Waals surface area contributed by atoms with Crippen molar-refractivity contribution in [2.24, 2.45) is 0 Å². The van der Waals surface area contributed by atoms with Crippen molar-refractivity contribution in [2.45, 2.75) is 19.0 Å². The molecule has 14 heavy (non-hydrogen) atoms. The van der Waals surface area contributed by atoms with Crippen LogP contribution in [0.4, 0.5) is 13.2 Å². The highest BCUT2D eigenvalue weighted by atomic mass is 19.4. The minimum absolute atomic E-state index is 0.113. The summed E-state index contributed by atoms with van der Waals surface area (Å²) in [6, 6.07) is 0. The maximum Gasteiger partial charge on any atom is 0.395 e. The summed E-state index contributed by atoms with van der Waals surface area (Å²) in [5.74, 6) is -2.18. The van der Waals surface area contributed by atoms with Gasteiger partial charge in [-0.15, -0.1) is 0 Å². The number of alkyl halides is 3. The Morgan fingerprint density at radius 2 is 1.93 bits per heavy atom. The molecular weight excluding hydrogens is 201 g/mol. The zero-order chi connectivity index (χ0) is 11.2. The van der Waals surface area contributed by atoms with E-state index in [1.807, 2.05) is 0 Å². The van der Waals surface area contributed by atoms with Crippen LogP contribution in [0.1, 0.15) is 12.8 Å². The molecule has 0 aliphatic rings. The number of carbonyl (C=O) groups excluding carboxylic acids is 2. The van der Waals surface area contributed by atoms with E-state index in [2.05, 4.69) is 11.3 Å². The van der Waals surface area contributed by atoms with Gasteiger partial charge in [0.2, 0.25) is 0 Å². The monoisotopic (exact) mass is 210 g/mol. The van der Waals surface area contributed by atoms with Gasteiger partial charge in [-0.05, 0) is 0 Å². The van der Waals surface area contributed by atoms with Gasteiger partial charge in [-0.3, -0.25) is 9.59 Å². The van der Waals surface area contributed by atoms with E-state index in [0.29, 0.717) is 0 Å². The first-order chi connectivity index (χ1) is 6.35. The zero-order valence-electron chi connectivity index (χ0n) is 7.26. The van der Waals surface area contributed by atoms with Gasteiger partial charge < -0.3 is 4.74 Å². The van der Waals surface area contributed by atoms with E-state index in [9.17, 15) is 22.8 Å². The quantitative estimate of drug-likeness (QED) is 0.393. The van der Waals surface area contributed by atoms with Gasteiger partial charge in [0.25, 0.3) is 0 Å². The van der Waals surface area contributed by atoms with E-state index < -0.39 is 30.8 Å². The molecule has 0 atom stereocenters. The van der Waals surface area contributed by atoms with Crippen LogP contribution in [-0.4, -0.2) is 24.5 Å². The van der Waals surface area contributed by atoms with E-state index in [-0.39, 0.29) is 6.61 Å². The van der Waals surface area contributed by atoms with Crippen molar-refractivity contribution in [3.63, 3.8) is 0 Å². The molecule has 0 aromatic rings. The van der Waals surface area contributed by atoms with Crippen LogP contribution >= 0.6 is 0 Å². The van der Waals surface area contributed by atoms with Crippen molar-refractivity contribution < 1.29 is 27.5 Å². The fraction of sp³-hybridized carbons (Fsp3) is 0.500. The molecule has 80 valence electrons. The molecule has 0 rings (SSSR count). The lowest BCUT2D eigenvalue weighted by molar-refractivity contribution is -0.156. The van der Waals surface area contributed by atoms with Crippen LogP contribution < -0.4 is 0 Å². The van der Waals surface area contributed by atoms with Gasteiger partial charge in [0.15, 0.2) is 5.78 Å². The Labute approximate surface area is 78.5 Å². The van der Waals surface area contributed by atoms with E-state index in [1.54, 1.807) is 0 Å². The lowest BCUT2D eigenvalue weighted by Gasteiger charge is -2.04. The van der Waals surface area contributed by atoms with Crippen molar-refractivity contribution in [3.05, 3.63) is 12.7 Å². The van der Waals surface area contributed by atoms with Crippen LogP contribution in [0, 0.1) is 0 Å². The highest BCUT2D eigenvalue weighted by Gasteiger charge is 2.31. The number of esters is 1. The fourth-order valence-electron chi connectivity index (χ4n) is 0.650. The number of carbonyl (C=O) groups is 2. The van der Waals surface area contributed by atoms with Crippen LogP contribution in [0.25, 0.3) is 0 Å². The largest absolute Gasteiger partial charge is 0.461 e. The Kier molecular flexibility index (Phi) is 4.90. The smallest absolute Gasteiger partial charge is 0.395 e. The van der Waals surface area contributed by atoms with Gasteiger partial charge in [-0.25, -0.2) is 0 Å². The molecule has 0 saturated heterocycles. The third-order valence-corrected chi connectivity index (χ3v) is 1.10. The summed E-state index contributed by atoms with van der Waals surface area (Å²) in [4.78, 5) is 21.2. The van der Waals surface area contributed by atoms with Crippen molar-refractivity contribution in [2.75, 3.05) is 6.61 Å². The standard InChI is InChI=1S/C8H9F3O3/c1-2-3-14-7(13)4-6(12)5-8(9,10)11/h2H,1,3-5H2. The maximum atomic E-state index is 11.6. The number of rotatable bonds is 5. The molecule has 0 fully saturated rings. The number of hydrogen-bond donors (Lipinski definition) is 0. The zero-order valence-corrected chi connectivity index (χ0v) is 7.26. The van der Waals surface area contributed by atoms with Crippen LogP contribution in [0.3, 0.4) is 0 Å². The molecule has 3 nitrogen and oxygen atoms in total. The average molecular weight is 210 g/mol. The fourth-order valence-corrected chi connectivity index (χ4v) is 0.650. The van der Waals surface area contributed by atoms with Crippen LogP contribution in [0.2, 0.25) is 0 Å². The van der Waals surface area contributed by atoms with Crippen molar-refractivity contribution in [1.82, 2.24) is 0 Å². The van der Waals surface area contributed by atoms with E-state index in [4.69, 9.17) is 0 Å². The molecule has 0 aliphatic carbocycles. The Bertz CT molecular complexity index is 232. The van der Waals surface area contributed by atoms with Crippen LogP contribution in [-0.2, 0) is 14.3 Å². The molecule has 0 amide bonds. The van der Waals surface area contributed by atoms with Crippen molar-refractivity contribution >= 4 is 11.8 Å². The number of Topliss-reactive ketones (excluding diaryl/α,β-unsaturated/α-hetero) is 1. The first-order valence-corrected chi connectivity index (χ1v) is 3.70. The molecule has 0 heterocycles. The molecule has 0 aromatic heterocycles. The summed E-state index contributed by atoms with van der Waals surface area (Å²) in [5, 5.41) is 0. The lowest BCUT2D eigenvalue weighted by atomic mass is 10.2. The SMILES string of the molecule is C=CCOC(=O)CC(=O)CC(F)(F)F. The van der Waals surface area contributed by atoms with Gasteiger partial charge in [-0.2, -0.15) is 13.2 Å². The Morgan fingerprint density at radius 1 is 1.36 bits per heavy atom. The predicted octanol–water partition coefficient (Wildman–Crippen LogP) is 1.63. The summed E-state index contributed by atoms with van der Waals surface area (Å²) in [6.07, 6.45) is -5.77. The summed E-state index contributed by atoms with van der Waals surface area (Å²) < 4.78 is 39.2. The van der Waals surface area contributed by atoms with Gasteiger partial charge in [0, 0.05) is 0 Å². The minimum Gasteiger partial charge on any atom is -0.461 e. The Morgan fingerprint density at radius 3 is 2.36 bits per heavy atom. The summed E-state index contributed by atoms with van der Waals surface area (Å²) >= 11 is 0. The Balaban J connectivity index is 3.83. The van der Waals surface area contributed by atoms with E-state index >= 15 is 0 Å². The molecule has 0 unspecified atom stereocenters. The molecule has 0 aromatic carbocycles. The molecule has 0 saturated carbocycles. The van der Waals surface area contributed by atoms with Gasteiger partial charge in [0.1, 0.15) is 19.4 Å². The molecule has 0 bridgehead atoms. The second-order valence-corrected chi connectivity index (χ2v) is 2.48. The number of hydrogen-bond acceptors (Lipinski definition) is 3. The number of ether oxygens (including phenoxy) is 1. The highest BCUT2D eigenvalue weighted by Crippen LogP contribution is 2.20. The topological polar surface area (TPSA) is 43.4 Å². The minimum atomic E-state index is -4.57. The van der Waals surface area contributed by atoms with Gasteiger partial charge in [0.05, 0.1) is 0 Å². The normalized spacial score (nSPS) is 10.8. The average Bonchev–Trinajstić information content (AvgIpc) is 1.96. The van der Waals surface area contributed by atoms with Crippen molar-refractivity contribution in [1.29, 1.82) is 0 Å². The molecule has 0 N–H and O–H groups in total. The summed E-state index contributed by atoms with van der Waals surface area (Å²) in [6.45, 7) is 3.12. The second-order valence-electron chi connectivity index (χ2n) is 2.48. The number of halogens is 3. The summed E-state index contributed by atoms with van der Waals surface area (Å²) in [7, 11) is 0. The van der Waals surface area contributed by atoms with Crippen molar-refractivity contribution in [3.8, 4) is 0 Å². The molecule has 0 radical (unpaired) electrons. The van der Waals surface area contributed by atoms with Crippen LogP contribution in [0.5, 0.6) is 0 Å². The third kappa shape index (κ3) is 7.33. The molecule has 6 heteroatoms. The molecule has 0 aliphatic heterocycles. The molecular formula is C8H9F3O3. The first kappa shape index (κ1) is 12.7. The van der Waals surface area contributed by atoms with Gasteiger partial charge in [-0.1, -0.05) is 12.7 Å².